The fraction of sp³-hybridized carbons (Fsp3) is 0.647. The topological polar surface area (TPSA) is 45.2 Å². The third kappa shape index (κ3) is 5.03. The van der Waals surface area contributed by atoms with Crippen LogP contribution < -0.4 is 5.32 Å². The van der Waals surface area contributed by atoms with E-state index in [4.69, 9.17) is 0 Å². The Morgan fingerprint density at radius 1 is 1.29 bits per heavy atom. The molecule has 0 bridgehead atoms. The number of hydrogen-bond donors (Lipinski definition) is 1. The molecular weight excluding hydrogens is 262 g/mol. The van der Waals surface area contributed by atoms with Crippen LogP contribution in [0.25, 0.3) is 0 Å². The van der Waals surface area contributed by atoms with E-state index in [1.165, 1.54) is 0 Å². The van der Waals surface area contributed by atoms with E-state index in [-0.39, 0.29) is 11.9 Å². The summed E-state index contributed by atoms with van der Waals surface area (Å²) in [4.78, 5) is 19.0. The van der Waals surface area contributed by atoms with Crippen LogP contribution in [0.2, 0.25) is 0 Å². The second-order valence-corrected chi connectivity index (χ2v) is 5.57. The first-order valence-electron chi connectivity index (χ1n) is 8.05. The second kappa shape index (κ2) is 8.65. The lowest BCUT2D eigenvalue weighted by Crippen LogP contribution is -2.35. The van der Waals surface area contributed by atoms with E-state index < -0.39 is 0 Å². The molecule has 1 aromatic rings. The van der Waals surface area contributed by atoms with Crippen LogP contribution in [0.3, 0.4) is 0 Å². The number of anilines is 1. The third-order valence-electron chi connectivity index (χ3n) is 3.68. The van der Waals surface area contributed by atoms with Crippen LogP contribution in [0.5, 0.6) is 0 Å². The molecule has 0 aliphatic rings. The molecule has 1 atom stereocenters. The molecule has 4 heteroatoms. The van der Waals surface area contributed by atoms with Crippen LogP contribution in [0.4, 0.5) is 5.82 Å². The SMILES string of the molecule is CCCc1cc(C(=O)N(C)C(C)CCC)cc(NCC)n1. The molecule has 0 saturated heterocycles. The van der Waals surface area contributed by atoms with Crippen molar-refractivity contribution in [2.24, 2.45) is 0 Å². The summed E-state index contributed by atoms with van der Waals surface area (Å²) in [5.41, 5.74) is 1.71. The van der Waals surface area contributed by atoms with Gasteiger partial charge in [0.1, 0.15) is 5.82 Å². The van der Waals surface area contributed by atoms with Crippen LogP contribution in [0.15, 0.2) is 12.1 Å². The Bertz CT molecular complexity index is 435. The van der Waals surface area contributed by atoms with E-state index in [9.17, 15) is 4.79 Å². The van der Waals surface area contributed by atoms with Crippen LogP contribution in [0, 0.1) is 0 Å². The molecule has 1 unspecified atom stereocenters. The average molecular weight is 291 g/mol. The standard InChI is InChI=1S/C17H29N3O/c1-6-9-13(4)20(5)17(21)14-11-15(10-7-2)19-16(12-14)18-8-3/h11-13H,6-10H2,1-5H3,(H,18,19). The molecule has 0 saturated carbocycles. The summed E-state index contributed by atoms with van der Waals surface area (Å²) in [6.45, 7) is 9.20. The first kappa shape index (κ1) is 17.5. The smallest absolute Gasteiger partial charge is 0.254 e. The predicted molar refractivity (Wildman–Crippen MR) is 88.9 cm³/mol. The zero-order chi connectivity index (χ0) is 15.8. The molecule has 1 amide bonds. The fourth-order valence-corrected chi connectivity index (χ4v) is 2.38. The van der Waals surface area contributed by atoms with E-state index in [1.54, 1.807) is 0 Å². The lowest BCUT2D eigenvalue weighted by Gasteiger charge is -2.25. The summed E-state index contributed by atoms with van der Waals surface area (Å²) in [6, 6.07) is 4.05. The Kier molecular flexibility index (Phi) is 7.20. The van der Waals surface area contributed by atoms with E-state index in [0.29, 0.717) is 0 Å². The van der Waals surface area contributed by atoms with Crippen molar-refractivity contribution in [1.29, 1.82) is 0 Å². The molecule has 1 rings (SSSR count). The maximum Gasteiger partial charge on any atom is 0.254 e. The van der Waals surface area contributed by atoms with Crippen molar-refractivity contribution in [2.75, 3.05) is 18.9 Å². The molecular formula is C17H29N3O. The van der Waals surface area contributed by atoms with Crippen LogP contribution in [0.1, 0.15) is 63.0 Å². The summed E-state index contributed by atoms with van der Waals surface area (Å²) in [5, 5.41) is 3.21. The fourth-order valence-electron chi connectivity index (χ4n) is 2.38. The highest BCUT2D eigenvalue weighted by molar-refractivity contribution is 5.95. The summed E-state index contributed by atoms with van der Waals surface area (Å²) in [5.74, 6) is 0.873. The third-order valence-corrected chi connectivity index (χ3v) is 3.68. The number of rotatable bonds is 8. The van der Waals surface area contributed by atoms with Gasteiger partial charge in [-0.15, -0.1) is 0 Å². The normalized spacial score (nSPS) is 12.0. The molecule has 1 N–H and O–H groups in total. The molecule has 21 heavy (non-hydrogen) atoms. The summed E-state index contributed by atoms with van der Waals surface area (Å²) < 4.78 is 0. The van der Waals surface area contributed by atoms with Gasteiger partial charge in [-0.25, -0.2) is 4.98 Å². The van der Waals surface area contributed by atoms with Gasteiger partial charge in [0.2, 0.25) is 0 Å². The zero-order valence-corrected chi connectivity index (χ0v) is 14.1. The van der Waals surface area contributed by atoms with Gasteiger partial charge in [-0.3, -0.25) is 4.79 Å². The van der Waals surface area contributed by atoms with Crippen molar-refractivity contribution in [3.05, 3.63) is 23.4 Å². The first-order valence-corrected chi connectivity index (χ1v) is 8.05. The molecule has 1 heterocycles. The Labute approximate surface area is 129 Å². The summed E-state index contributed by atoms with van der Waals surface area (Å²) in [7, 11) is 1.88. The number of hydrogen-bond acceptors (Lipinski definition) is 3. The first-order chi connectivity index (χ1) is 10.0. The minimum absolute atomic E-state index is 0.0786. The van der Waals surface area contributed by atoms with Crippen molar-refractivity contribution < 1.29 is 4.79 Å². The highest BCUT2D eigenvalue weighted by Gasteiger charge is 2.18. The van der Waals surface area contributed by atoms with Gasteiger partial charge in [0.15, 0.2) is 0 Å². The Morgan fingerprint density at radius 3 is 2.57 bits per heavy atom. The number of aromatic nitrogens is 1. The van der Waals surface area contributed by atoms with Crippen molar-refractivity contribution in [2.45, 2.75) is 59.4 Å². The quantitative estimate of drug-likeness (QED) is 0.794. The minimum atomic E-state index is 0.0786. The van der Waals surface area contributed by atoms with Crippen LogP contribution in [-0.4, -0.2) is 35.4 Å². The van der Waals surface area contributed by atoms with Gasteiger partial charge in [-0.1, -0.05) is 26.7 Å². The van der Waals surface area contributed by atoms with Gasteiger partial charge in [-0.2, -0.15) is 0 Å². The van der Waals surface area contributed by atoms with E-state index >= 15 is 0 Å². The van der Waals surface area contributed by atoms with Gasteiger partial charge in [-0.05, 0) is 38.8 Å². The Balaban J connectivity index is 3.01. The van der Waals surface area contributed by atoms with Crippen LogP contribution >= 0.6 is 0 Å². The number of nitrogens with one attached hydrogen (secondary N) is 1. The molecule has 0 aliphatic carbocycles. The highest BCUT2D eigenvalue weighted by Crippen LogP contribution is 2.16. The lowest BCUT2D eigenvalue weighted by atomic mass is 10.1. The van der Waals surface area contributed by atoms with Gasteiger partial charge in [0, 0.05) is 30.9 Å². The zero-order valence-electron chi connectivity index (χ0n) is 14.1. The van der Waals surface area contributed by atoms with Gasteiger partial charge in [0.25, 0.3) is 5.91 Å². The van der Waals surface area contributed by atoms with Crippen molar-refractivity contribution in [1.82, 2.24) is 9.88 Å². The molecule has 0 aliphatic heterocycles. The molecule has 0 spiro atoms. The number of nitrogens with zero attached hydrogens (tertiary/aromatic N) is 2. The number of aryl methyl sites for hydroxylation is 1. The monoisotopic (exact) mass is 291 g/mol. The van der Waals surface area contributed by atoms with E-state index in [2.05, 4.69) is 31.1 Å². The Hall–Kier alpha value is -1.58. The van der Waals surface area contributed by atoms with E-state index in [1.807, 2.05) is 31.0 Å². The lowest BCUT2D eigenvalue weighted by molar-refractivity contribution is 0.0736. The van der Waals surface area contributed by atoms with Gasteiger partial charge >= 0.3 is 0 Å². The number of carbonyl (C=O) groups is 1. The molecule has 0 fully saturated rings. The van der Waals surface area contributed by atoms with Crippen LogP contribution in [-0.2, 0) is 6.42 Å². The maximum atomic E-state index is 12.6. The molecule has 118 valence electrons. The minimum Gasteiger partial charge on any atom is -0.370 e. The van der Waals surface area contributed by atoms with Crippen molar-refractivity contribution >= 4 is 11.7 Å². The maximum absolute atomic E-state index is 12.6. The van der Waals surface area contributed by atoms with Gasteiger partial charge in [0.05, 0.1) is 0 Å². The summed E-state index contributed by atoms with van der Waals surface area (Å²) >= 11 is 0. The summed E-state index contributed by atoms with van der Waals surface area (Å²) in [6.07, 6.45) is 4.03. The molecule has 4 nitrogen and oxygen atoms in total. The average Bonchev–Trinajstić information content (AvgIpc) is 2.46. The molecule has 1 aromatic heterocycles. The Morgan fingerprint density at radius 2 is 2.00 bits per heavy atom. The largest absolute Gasteiger partial charge is 0.370 e. The molecule has 0 radical (unpaired) electrons. The van der Waals surface area contributed by atoms with Gasteiger partial charge < -0.3 is 10.2 Å². The number of amides is 1. The van der Waals surface area contributed by atoms with Crippen molar-refractivity contribution in [3.8, 4) is 0 Å². The predicted octanol–water partition coefficient (Wildman–Crippen LogP) is 3.73. The molecule has 0 aromatic carbocycles. The highest BCUT2D eigenvalue weighted by atomic mass is 16.2. The number of pyridine rings is 1. The van der Waals surface area contributed by atoms with Crippen molar-refractivity contribution in [3.63, 3.8) is 0 Å². The second-order valence-electron chi connectivity index (χ2n) is 5.57. The number of carbonyl (C=O) groups excluding carboxylic acids is 1. The van der Waals surface area contributed by atoms with E-state index in [0.717, 1.165) is 49.3 Å².